The van der Waals surface area contributed by atoms with Crippen molar-refractivity contribution in [3.63, 3.8) is 0 Å². The number of rotatable bonds is 10. The lowest BCUT2D eigenvalue weighted by Gasteiger charge is -2.30. The van der Waals surface area contributed by atoms with Crippen LogP contribution in [0.2, 0.25) is 10.0 Å². The number of ether oxygens (including phenoxy) is 2. The number of carbonyl (C=O) groups excluding carboxylic acids is 2. The van der Waals surface area contributed by atoms with Crippen molar-refractivity contribution in [3.8, 4) is 11.5 Å². The first kappa shape index (κ1) is 33.8. The van der Waals surface area contributed by atoms with Crippen LogP contribution >= 0.6 is 23.2 Å². The highest BCUT2D eigenvalue weighted by atomic mass is 35.5. The maximum absolute atomic E-state index is 13.2. The lowest BCUT2D eigenvalue weighted by atomic mass is 9.89. The number of benzene rings is 2. The molecular weight excluding hydrogens is 645 g/mol. The zero-order valence-corrected chi connectivity index (χ0v) is 27.4. The summed E-state index contributed by atoms with van der Waals surface area (Å²) in [4.78, 5) is 35.2. The van der Waals surface area contributed by atoms with Crippen LogP contribution < -0.4 is 30.3 Å². The molecule has 0 spiro atoms. The van der Waals surface area contributed by atoms with Crippen LogP contribution in [0.25, 0.3) is 0 Å². The number of sulfonamides is 1. The molecule has 13 nitrogen and oxygen atoms in total. The van der Waals surface area contributed by atoms with Gasteiger partial charge in [0.25, 0.3) is 0 Å². The number of nitrogens with zero attached hydrogens (tertiary/aromatic N) is 4. The predicted octanol–water partition coefficient (Wildman–Crippen LogP) is 5.48. The molecule has 1 aliphatic heterocycles. The second kappa shape index (κ2) is 14.3. The Morgan fingerprint density at radius 3 is 2.24 bits per heavy atom. The molecule has 0 saturated carbocycles. The molecule has 1 aliphatic rings. The fraction of sp³-hybridized carbons (Fsp3) is 0.310. The van der Waals surface area contributed by atoms with E-state index in [1.165, 1.54) is 49.1 Å². The quantitative estimate of drug-likeness (QED) is 0.237. The van der Waals surface area contributed by atoms with Crippen molar-refractivity contribution < 1.29 is 27.5 Å². The van der Waals surface area contributed by atoms with Gasteiger partial charge in [0.15, 0.2) is 0 Å². The first-order valence-corrected chi connectivity index (χ1v) is 16.2. The molecule has 0 radical (unpaired) electrons. The molecular formula is C29H33Cl2N7O6S. The summed E-state index contributed by atoms with van der Waals surface area (Å²) < 4.78 is 35.8. The Morgan fingerprint density at radius 1 is 1.02 bits per heavy atom. The zero-order valence-electron chi connectivity index (χ0n) is 25.1. The molecule has 0 bridgehead atoms. The topological polar surface area (TPSA) is 155 Å². The van der Waals surface area contributed by atoms with Crippen LogP contribution in [-0.2, 0) is 14.8 Å². The van der Waals surface area contributed by atoms with Gasteiger partial charge in [-0.15, -0.1) is 0 Å². The van der Waals surface area contributed by atoms with Gasteiger partial charge >= 0.3 is 6.03 Å². The van der Waals surface area contributed by atoms with Crippen molar-refractivity contribution in [2.45, 2.75) is 18.8 Å². The number of nitrogens with one attached hydrogen (secondary N) is 3. The minimum absolute atomic E-state index is 0.0913. The number of amides is 3. The van der Waals surface area contributed by atoms with Crippen LogP contribution in [-0.4, -0.2) is 75.2 Å². The molecule has 45 heavy (non-hydrogen) atoms. The van der Waals surface area contributed by atoms with Gasteiger partial charge < -0.3 is 25.4 Å². The third-order valence-electron chi connectivity index (χ3n) is 7.25. The first-order valence-electron chi connectivity index (χ1n) is 13.6. The molecule has 240 valence electrons. The van der Waals surface area contributed by atoms with Gasteiger partial charge in [-0.1, -0.05) is 35.8 Å². The van der Waals surface area contributed by atoms with Gasteiger partial charge in [-0.2, -0.15) is 0 Å². The van der Waals surface area contributed by atoms with Crippen molar-refractivity contribution in [2.75, 3.05) is 61.5 Å². The van der Waals surface area contributed by atoms with Crippen LogP contribution in [0.5, 0.6) is 11.5 Å². The third-order valence-corrected chi connectivity index (χ3v) is 9.30. The molecule has 0 unspecified atom stereocenters. The van der Waals surface area contributed by atoms with Gasteiger partial charge in [0.1, 0.15) is 39.5 Å². The van der Waals surface area contributed by atoms with E-state index in [-0.39, 0.29) is 39.0 Å². The summed E-state index contributed by atoms with van der Waals surface area (Å²) in [7, 11) is 1.10. The highest BCUT2D eigenvalue weighted by Crippen LogP contribution is 2.44. The Labute approximate surface area is 271 Å². The fourth-order valence-corrected chi connectivity index (χ4v) is 6.23. The van der Waals surface area contributed by atoms with Crippen LogP contribution in [0.1, 0.15) is 24.3 Å². The Hall–Kier alpha value is -4.11. The standard InChI is InChI=1S/C29H33Cl2N7O6S/c1-6-25(39)35-20-13-18(17-9-11-38(12-10-17)45(5,41)42)7-8-19(20)34-23-15-24(33-16-32-23)37(2)29(40)36-28-26(30)21(43-3)14-22(44-4)27(28)31/h6-8,13-17H,1,9-12H2,2-5H3,(H,35,39)(H,36,40)(H,32,33,34). The monoisotopic (exact) mass is 677 g/mol. The van der Waals surface area contributed by atoms with Crippen LogP contribution in [0, 0.1) is 0 Å². The van der Waals surface area contributed by atoms with E-state index < -0.39 is 22.0 Å². The number of piperidine rings is 1. The van der Waals surface area contributed by atoms with Gasteiger partial charge in [-0.25, -0.2) is 27.5 Å². The number of hydrogen-bond acceptors (Lipinski definition) is 9. The van der Waals surface area contributed by atoms with Gasteiger partial charge in [-0.3, -0.25) is 9.69 Å². The van der Waals surface area contributed by atoms with E-state index in [1.54, 1.807) is 12.1 Å². The minimum atomic E-state index is -3.25. The zero-order chi connectivity index (χ0) is 32.9. The average molecular weight is 679 g/mol. The summed E-state index contributed by atoms with van der Waals surface area (Å²) in [6.45, 7) is 4.38. The summed E-state index contributed by atoms with van der Waals surface area (Å²) in [6.07, 6.45) is 4.95. The van der Waals surface area contributed by atoms with E-state index in [9.17, 15) is 18.0 Å². The highest BCUT2D eigenvalue weighted by molar-refractivity contribution is 7.88. The molecule has 1 aromatic heterocycles. The van der Waals surface area contributed by atoms with Crippen molar-refractivity contribution in [3.05, 3.63) is 64.9 Å². The summed E-state index contributed by atoms with van der Waals surface area (Å²) in [6, 6.07) is 8.01. The SMILES string of the molecule is C=CC(=O)Nc1cc(C2CCN(S(C)(=O)=O)CC2)ccc1Nc1cc(N(C)C(=O)Nc2c(Cl)c(OC)cc(OC)c2Cl)ncn1. The maximum atomic E-state index is 13.2. The summed E-state index contributed by atoms with van der Waals surface area (Å²) in [5, 5.41) is 8.84. The van der Waals surface area contributed by atoms with Crippen LogP contribution in [0.3, 0.4) is 0 Å². The predicted molar refractivity (Wildman–Crippen MR) is 176 cm³/mol. The van der Waals surface area contributed by atoms with Gasteiger partial charge in [0.2, 0.25) is 15.9 Å². The molecule has 0 aliphatic carbocycles. The lowest BCUT2D eigenvalue weighted by molar-refractivity contribution is -0.111. The van der Waals surface area contributed by atoms with Crippen molar-refractivity contribution in [1.29, 1.82) is 0 Å². The van der Waals surface area contributed by atoms with E-state index >= 15 is 0 Å². The Morgan fingerprint density at radius 2 is 1.67 bits per heavy atom. The van der Waals surface area contributed by atoms with Crippen molar-refractivity contribution in [1.82, 2.24) is 14.3 Å². The van der Waals surface area contributed by atoms with Crippen LogP contribution in [0.15, 0.2) is 49.3 Å². The van der Waals surface area contributed by atoms with Gasteiger partial charge in [-0.05, 0) is 42.5 Å². The minimum Gasteiger partial charge on any atom is -0.495 e. The number of anilines is 5. The number of carbonyl (C=O) groups is 2. The van der Waals surface area contributed by atoms with E-state index in [1.807, 2.05) is 12.1 Å². The smallest absolute Gasteiger partial charge is 0.327 e. The molecule has 4 rings (SSSR count). The van der Waals surface area contributed by atoms with E-state index in [0.717, 1.165) is 11.6 Å². The maximum Gasteiger partial charge on any atom is 0.327 e. The molecule has 3 aromatic rings. The van der Waals surface area contributed by atoms with Gasteiger partial charge in [0, 0.05) is 32.3 Å². The number of methoxy groups -OCH3 is 2. The Kier molecular flexibility index (Phi) is 10.8. The second-order valence-corrected chi connectivity index (χ2v) is 12.8. The Balaban J connectivity index is 1.55. The first-order chi connectivity index (χ1) is 21.4. The van der Waals surface area contributed by atoms with Gasteiger partial charge in [0.05, 0.1) is 37.5 Å². The summed E-state index contributed by atoms with van der Waals surface area (Å²) in [5.74, 6) is 0.789. The summed E-state index contributed by atoms with van der Waals surface area (Å²) in [5.41, 5.74) is 2.06. The molecule has 1 saturated heterocycles. The number of halogens is 2. The van der Waals surface area contributed by atoms with Crippen LogP contribution in [0.4, 0.5) is 33.5 Å². The summed E-state index contributed by atoms with van der Waals surface area (Å²) >= 11 is 12.8. The molecule has 3 amide bonds. The van der Waals surface area contributed by atoms with E-state index in [4.69, 9.17) is 32.7 Å². The van der Waals surface area contributed by atoms with E-state index in [0.29, 0.717) is 43.1 Å². The number of hydrogen-bond donors (Lipinski definition) is 3. The number of aromatic nitrogens is 2. The molecule has 0 atom stereocenters. The molecule has 3 N–H and O–H groups in total. The van der Waals surface area contributed by atoms with Crippen molar-refractivity contribution >= 4 is 73.9 Å². The highest BCUT2D eigenvalue weighted by Gasteiger charge is 2.27. The van der Waals surface area contributed by atoms with Crippen molar-refractivity contribution in [2.24, 2.45) is 0 Å². The lowest BCUT2D eigenvalue weighted by Crippen LogP contribution is -2.37. The number of urea groups is 1. The van der Waals surface area contributed by atoms with E-state index in [2.05, 4.69) is 32.5 Å². The molecule has 2 heterocycles. The Bertz CT molecular complexity index is 1690. The molecule has 2 aromatic carbocycles. The largest absolute Gasteiger partial charge is 0.495 e. The fourth-order valence-electron chi connectivity index (χ4n) is 4.76. The second-order valence-electron chi connectivity index (χ2n) is 10.1. The third kappa shape index (κ3) is 7.95. The molecule has 16 heteroatoms. The normalized spacial score (nSPS) is 13.9. The average Bonchev–Trinajstić information content (AvgIpc) is 3.03. The molecule has 1 fully saturated rings.